The molecule has 1 rings (SSSR count). The molecule has 0 fully saturated rings. The number of nitrogens with one attached hydrogen (secondary N) is 1. The first-order chi connectivity index (χ1) is 9.27. The molecule has 3 heteroatoms. The lowest BCUT2D eigenvalue weighted by atomic mass is 9.93. The number of ether oxygens (including phenoxy) is 1. The van der Waals surface area contributed by atoms with E-state index in [-0.39, 0.29) is 24.0 Å². The molecule has 0 aliphatic carbocycles. The second-order valence-corrected chi connectivity index (χ2v) is 5.95. The zero-order chi connectivity index (χ0) is 15.4. The minimum absolute atomic E-state index is 0.113. The van der Waals surface area contributed by atoms with Crippen LogP contribution in [-0.4, -0.2) is 19.1 Å². The number of rotatable bonds is 5. The van der Waals surface area contributed by atoms with E-state index in [0.717, 1.165) is 0 Å². The van der Waals surface area contributed by atoms with E-state index >= 15 is 0 Å². The molecule has 1 unspecified atom stereocenters. The maximum Gasteiger partial charge on any atom is 0.323 e. The Labute approximate surface area is 122 Å². The van der Waals surface area contributed by atoms with Crippen molar-refractivity contribution in [3.63, 3.8) is 0 Å². The fraction of sp³-hybridized carbons (Fsp3) is 0.588. The van der Waals surface area contributed by atoms with E-state index in [2.05, 4.69) is 45.1 Å². The lowest BCUT2D eigenvalue weighted by Crippen LogP contribution is -2.43. The van der Waals surface area contributed by atoms with Crippen LogP contribution in [0.1, 0.15) is 49.1 Å². The third-order valence-electron chi connectivity index (χ3n) is 3.72. The topological polar surface area (TPSA) is 38.3 Å². The van der Waals surface area contributed by atoms with Gasteiger partial charge in [-0.15, -0.1) is 0 Å². The molecule has 112 valence electrons. The summed E-state index contributed by atoms with van der Waals surface area (Å²) in [5, 5.41) is 3.41. The maximum absolute atomic E-state index is 11.9. The zero-order valence-corrected chi connectivity index (χ0v) is 13.7. The highest BCUT2D eigenvalue weighted by Crippen LogP contribution is 2.24. The molecular formula is C17H27NO2. The second kappa shape index (κ2) is 6.89. The Balaban J connectivity index is 3.00. The lowest BCUT2D eigenvalue weighted by molar-refractivity contribution is -0.144. The van der Waals surface area contributed by atoms with Gasteiger partial charge in [0.05, 0.1) is 7.11 Å². The number of aryl methyl sites for hydroxylation is 3. The molecule has 3 nitrogen and oxygen atoms in total. The van der Waals surface area contributed by atoms with E-state index in [9.17, 15) is 4.79 Å². The molecule has 0 radical (unpaired) electrons. The van der Waals surface area contributed by atoms with E-state index in [0.29, 0.717) is 0 Å². The molecule has 0 spiro atoms. The third-order valence-corrected chi connectivity index (χ3v) is 3.72. The van der Waals surface area contributed by atoms with Gasteiger partial charge >= 0.3 is 5.97 Å². The van der Waals surface area contributed by atoms with Crippen molar-refractivity contribution in [2.75, 3.05) is 7.11 Å². The first-order valence-corrected chi connectivity index (χ1v) is 7.19. The van der Waals surface area contributed by atoms with E-state index < -0.39 is 0 Å². The molecule has 0 aromatic heterocycles. The van der Waals surface area contributed by atoms with Crippen LogP contribution in [0, 0.1) is 26.7 Å². The number of benzene rings is 1. The average molecular weight is 277 g/mol. The highest BCUT2D eigenvalue weighted by molar-refractivity contribution is 5.76. The molecule has 1 N–H and O–H groups in total. The summed E-state index contributed by atoms with van der Waals surface area (Å²) < 4.78 is 4.89. The van der Waals surface area contributed by atoms with E-state index in [4.69, 9.17) is 4.74 Å². The van der Waals surface area contributed by atoms with Crippen LogP contribution in [0.4, 0.5) is 0 Å². The molecule has 0 bridgehead atoms. The number of hydrogen-bond acceptors (Lipinski definition) is 3. The van der Waals surface area contributed by atoms with Crippen LogP contribution in [0.5, 0.6) is 0 Å². The molecule has 2 atom stereocenters. The SMILES string of the molecule is COC(=O)[C@@H](NC(C)c1c(C)cc(C)cc1C)C(C)C. The van der Waals surface area contributed by atoms with Gasteiger partial charge in [0.1, 0.15) is 6.04 Å². The predicted molar refractivity (Wildman–Crippen MR) is 82.8 cm³/mol. The summed E-state index contributed by atoms with van der Waals surface area (Å²) in [5.74, 6) is -0.00905. The Kier molecular flexibility index (Phi) is 5.75. The van der Waals surface area contributed by atoms with E-state index in [1.54, 1.807) is 0 Å². The van der Waals surface area contributed by atoms with Gasteiger partial charge in [0, 0.05) is 6.04 Å². The van der Waals surface area contributed by atoms with Crippen LogP contribution in [-0.2, 0) is 9.53 Å². The van der Waals surface area contributed by atoms with Crippen LogP contribution in [0.3, 0.4) is 0 Å². The molecule has 1 aromatic rings. The van der Waals surface area contributed by atoms with Crippen LogP contribution in [0.25, 0.3) is 0 Å². The maximum atomic E-state index is 11.9. The molecule has 20 heavy (non-hydrogen) atoms. The van der Waals surface area contributed by atoms with Crippen molar-refractivity contribution in [3.05, 3.63) is 34.4 Å². The summed E-state index contributed by atoms with van der Waals surface area (Å²) in [7, 11) is 1.44. The molecule has 0 saturated carbocycles. The molecular weight excluding hydrogens is 250 g/mol. The van der Waals surface area contributed by atoms with Gasteiger partial charge in [0.25, 0.3) is 0 Å². The van der Waals surface area contributed by atoms with Gasteiger partial charge in [-0.05, 0) is 50.3 Å². The third kappa shape index (κ3) is 3.83. The number of hydrogen-bond donors (Lipinski definition) is 1. The summed E-state index contributed by atoms with van der Waals surface area (Å²) in [4.78, 5) is 11.9. The largest absolute Gasteiger partial charge is 0.468 e. The summed E-state index contributed by atoms with van der Waals surface area (Å²) in [6, 6.07) is 4.20. The highest BCUT2D eigenvalue weighted by Gasteiger charge is 2.25. The summed E-state index contributed by atoms with van der Waals surface area (Å²) >= 11 is 0. The van der Waals surface area contributed by atoms with Crippen molar-refractivity contribution in [3.8, 4) is 0 Å². The van der Waals surface area contributed by atoms with Gasteiger partial charge < -0.3 is 4.74 Å². The molecule has 0 saturated heterocycles. The smallest absolute Gasteiger partial charge is 0.323 e. The van der Waals surface area contributed by atoms with Crippen LogP contribution in [0.15, 0.2) is 12.1 Å². The Hall–Kier alpha value is -1.35. The standard InChI is InChI=1S/C17H27NO2/c1-10(2)16(17(19)20-7)18-14(6)15-12(4)8-11(3)9-13(15)5/h8-10,14,16,18H,1-7H3/t14?,16-/m0/s1. The summed E-state index contributed by atoms with van der Waals surface area (Å²) in [6.45, 7) is 12.5. The van der Waals surface area contributed by atoms with Crippen molar-refractivity contribution in [2.45, 2.75) is 53.6 Å². The highest BCUT2D eigenvalue weighted by atomic mass is 16.5. The number of carbonyl (C=O) groups is 1. The molecule has 0 aliphatic heterocycles. The molecule has 0 heterocycles. The van der Waals surface area contributed by atoms with Crippen LogP contribution >= 0.6 is 0 Å². The first-order valence-electron chi connectivity index (χ1n) is 7.19. The summed E-state index contributed by atoms with van der Waals surface area (Å²) in [6.07, 6.45) is 0. The number of carbonyl (C=O) groups excluding carboxylic acids is 1. The quantitative estimate of drug-likeness (QED) is 0.838. The van der Waals surface area contributed by atoms with Crippen molar-refractivity contribution < 1.29 is 9.53 Å². The van der Waals surface area contributed by atoms with Crippen LogP contribution in [0.2, 0.25) is 0 Å². The van der Waals surface area contributed by atoms with E-state index in [1.165, 1.54) is 29.4 Å². The van der Waals surface area contributed by atoms with Crippen molar-refractivity contribution in [1.29, 1.82) is 0 Å². The Morgan fingerprint density at radius 3 is 2.00 bits per heavy atom. The first kappa shape index (κ1) is 16.7. The minimum Gasteiger partial charge on any atom is -0.468 e. The number of esters is 1. The average Bonchev–Trinajstić information content (AvgIpc) is 2.33. The summed E-state index contributed by atoms with van der Waals surface area (Å²) in [5.41, 5.74) is 5.05. The van der Waals surface area contributed by atoms with Crippen molar-refractivity contribution in [1.82, 2.24) is 5.32 Å². The zero-order valence-electron chi connectivity index (χ0n) is 13.7. The minimum atomic E-state index is -0.282. The fourth-order valence-electron chi connectivity index (χ4n) is 2.89. The van der Waals surface area contributed by atoms with Gasteiger partial charge in [-0.25, -0.2) is 0 Å². The van der Waals surface area contributed by atoms with Crippen molar-refractivity contribution >= 4 is 5.97 Å². The molecule has 0 aliphatic rings. The van der Waals surface area contributed by atoms with Gasteiger partial charge in [-0.3, -0.25) is 10.1 Å². The van der Waals surface area contributed by atoms with Gasteiger partial charge in [0.15, 0.2) is 0 Å². The van der Waals surface area contributed by atoms with Crippen LogP contribution < -0.4 is 5.32 Å². The number of methoxy groups -OCH3 is 1. The molecule has 0 amide bonds. The fourth-order valence-corrected chi connectivity index (χ4v) is 2.89. The predicted octanol–water partition coefficient (Wildman–Crippen LogP) is 3.46. The monoisotopic (exact) mass is 277 g/mol. The normalized spacial score (nSPS) is 14.2. The van der Waals surface area contributed by atoms with Gasteiger partial charge in [0.2, 0.25) is 0 Å². The Bertz CT molecular complexity index is 457. The Morgan fingerprint density at radius 2 is 1.60 bits per heavy atom. The Morgan fingerprint density at radius 1 is 1.10 bits per heavy atom. The van der Waals surface area contributed by atoms with Crippen molar-refractivity contribution in [2.24, 2.45) is 5.92 Å². The van der Waals surface area contributed by atoms with Gasteiger partial charge in [-0.1, -0.05) is 31.5 Å². The molecule has 1 aromatic carbocycles. The van der Waals surface area contributed by atoms with Gasteiger partial charge in [-0.2, -0.15) is 0 Å². The van der Waals surface area contributed by atoms with E-state index in [1.807, 2.05) is 13.8 Å². The second-order valence-electron chi connectivity index (χ2n) is 5.95. The lowest BCUT2D eigenvalue weighted by Gasteiger charge is -2.26.